The molecule has 4 heteroatoms. The van der Waals surface area contributed by atoms with Gasteiger partial charge < -0.3 is 10.0 Å². The Bertz CT molecular complexity index is 506. The molecule has 0 aromatic heterocycles. The Kier molecular flexibility index (Phi) is 3.82. The van der Waals surface area contributed by atoms with Gasteiger partial charge in [-0.2, -0.15) is 0 Å². The van der Waals surface area contributed by atoms with Gasteiger partial charge in [-0.05, 0) is 56.4 Å². The fraction of sp³-hybridized carbons (Fsp3) is 0.667. The van der Waals surface area contributed by atoms with Crippen LogP contribution in [-0.2, 0) is 0 Å². The number of benzene rings is 1. The molecule has 2 bridgehead atoms. The highest BCUT2D eigenvalue weighted by Gasteiger charge is 2.42. The van der Waals surface area contributed by atoms with Crippen molar-refractivity contribution >= 4 is 5.69 Å². The topological polar surface area (TPSA) is 26.7 Å². The number of aliphatic hydroxyl groups excluding tert-OH is 1. The van der Waals surface area contributed by atoms with Crippen molar-refractivity contribution in [1.29, 1.82) is 0 Å². The number of halogens is 1. The SMILES string of the molecule is OC1C[C@H]2CCC[C@@H](C1)N2C1CCN(c2ccc(F)cc2)C1. The van der Waals surface area contributed by atoms with Crippen LogP contribution < -0.4 is 4.90 Å². The number of nitrogens with zero attached hydrogens (tertiary/aromatic N) is 2. The predicted octanol–water partition coefficient (Wildman–Crippen LogP) is 2.78. The van der Waals surface area contributed by atoms with E-state index in [1.165, 1.54) is 25.7 Å². The smallest absolute Gasteiger partial charge is 0.123 e. The maximum atomic E-state index is 13.1. The van der Waals surface area contributed by atoms with E-state index in [-0.39, 0.29) is 11.9 Å². The van der Waals surface area contributed by atoms with Crippen LogP contribution in [0.25, 0.3) is 0 Å². The van der Waals surface area contributed by atoms with Crippen molar-refractivity contribution in [2.45, 2.75) is 62.8 Å². The maximum Gasteiger partial charge on any atom is 0.123 e. The summed E-state index contributed by atoms with van der Waals surface area (Å²) >= 11 is 0. The van der Waals surface area contributed by atoms with Gasteiger partial charge in [0.2, 0.25) is 0 Å². The summed E-state index contributed by atoms with van der Waals surface area (Å²) in [6.07, 6.45) is 6.77. The second-order valence-corrected chi connectivity index (χ2v) is 7.18. The van der Waals surface area contributed by atoms with Gasteiger partial charge in [-0.1, -0.05) is 6.42 Å². The summed E-state index contributed by atoms with van der Waals surface area (Å²) in [6, 6.07) is 8.61. The van der Waals surface area contributed by atoms with E-state index in [2.05, 4.69) is 9.80 Å². The van der Waals surface area contributed by atoms with Crippen LogP contribution in [0.15, 0.2) is 24.3 Å². The molecule has 4 rings (SSSR count). The van der Waals surface area contributed by atoms with Crippen LogP contribution in [-0.4, -0.2) is 47.3 Å². The Balaban J connectivity index is 1.47. The number of hydrogen-bond acceptors (Lipinski definition) is 3. The van der Waals surface area contributed by atoms with Crippen molar-refractivity contribution in [3.8, 4) is 0 Å². The summed E-state index contributed by atoms with van der Waals surface area (Å²) < 4.78 is 13.1. The number of hydrogen-bond donors (Lipinski definition) is 1. The molecule has 0 saturated carbocycles. The number of rotatable bonds is 2. The minimum atomic E-state index is -0.168. The Morgan fingerprint density at radius 3 is 2.32 bits per heavy atom. The van der Waals surface area contributed by atoms with Crippen LogP contribution in [0.5, 0.6) is 0 Å². The Labute approximate surface area is 131 Å². The molecule has 0 aliphatic carbocycles. The van der Waals surface area contributed by atoms with E-state index < -0.39 is 0 Å². The van der Waals surface area contributed by atoms with Crippen LogP contribution in [0.3, 0.4) is 0 Å². The molecular formula is C18H25FN2O. The Morgan fingerprint density at radius 1 is 0.955 bits per heavy atom. The fourth-order valence-electron chi connectivity index (χ4n) is 4.86. The summed E-state index contributed by atoms with van der Waals surface area (Å²) in [6.45, 7) is 2.09. The minimum absolute atomic E-state index is 0.0962. The lowest BCUT2D eigenvalue weighted by molar-refractivity contribution is -0.0460. The van der Waals surface area contributed by atoms with Crippen molar-refractivity contribution in [3.63, 3.8) is 0 Å². The first-order valence-electron chi connectivity index (χ1n) is 8.67. The average Bonchev–Trinajstić information content (AvgIpc) is 2.96. The first-order chi connectivity index (χ1) is 10.7. The molecule has 3 aliphatic rings. The molecule has 0 amide bonds. The van der Waals surface area contributed by atoms with Gasteiger partial charge in [0, 0.05) is 36.9 Å². The zero-order valence-electron chi connectivity index (χ0n) is 13.0. The summed E-state index contributed by atoms with van der Waals surface area (Å²) in [4.78, 5) is 5.10. The molecular weight excluding hydrogens is 279 g/mol. The molecule has 1 aromatic rings. The summed E-state index contributed by atoms with van der Waals surface area (Å²) in [7, 11) is 0. The van der Waals surface area contributed by atoms with E-state index in [0.717, 1.165) is 31.6 Å². The van der Waals surface area contributed by atoms with Crippen LogP contribution >= 0.6 is 0 Å². The van der Waals surface area contributed by atoms with E-state index in [9.17, 15) is 9.50 Å². The number of piperidine rings is 2. The van der Waals surface area contributed by atoms with E-state index in [4.69, 9.17) is 0 Å². The first-order valence-corrected chi connectivity index (χ1v) is 8.67. The van der Waals surface area contributed by atoms with Gasteiger partial charge in [0.15, 0.2) is 0 Å². The maximum absolute atomic E-state index is 13.1. The summed E-state index contributed by atoms with van der Waals surface area (Å²) in [5.74, 6) is -0.168. The first kappa shape index (κ1) is 14.5. The van der Waals surface area contributed by atoms with Crippen LogP contribution in [0, 0.1) is 5.82 Å². The van der Waals surface area contributed by atoms with Gasteiger partial charge >= 0.3 is 0 Å². The van der Waals surface area contributed by atoms with Gasteiger partial charge in [-0.15, -0.1) is 0 Å². The summed E-state index contributed by atoms with van der Waals surface area (Å²) in [5, 5.41) is 10.1. The van der Waals surface area contributed by atoms with Gasteiger partial charge in [-0.3, -0.25) is 4.90 Å². The lowest BCUT2D eigenvalue weighted by atomic mass is 9.81. The highest BCUT2D eigenvalue weighted by Crippen LogP contribution is 2.38. The Morgan fingerprint density at radius 2 is 1.64 bits per heavy atom. The molecule has 1 aromatic carbocycles. The number of aliphatic hydroxyl groups is 1. The monoisotopic (exact) mass is 304 g/mol. The zero-order chi connectivity index (χ0) is 15.1. The lowest BCUT2D eigenvalue weighted by Crippen LogP contribution is -2.58. The molecule has 0 spiro atoms. The highest BCUT2D eigenvalue weighted by molar-refractivity contribution is 5.47. The van der Waals surface area contributed by atoms with Crippen molar-refractivity contribution in [2.75, 3.05) is 18.0 Å². The van der Waals surface area contributed by atoms with Crippen molar-refractivity contribution in [3.05, 3.63) is 30.1 Å². The second kappa shape index (κ2) is 5.82. The molecule has 2 unspecified atom stereocenters. The molecule has 3 heterocycles. The third-order valence-electron chi connectivity index (χ3n) is 5.78. The predicted molar refractivity (Wildman–Crippen MR) is 85.5 cm³/mol. The van der Waals surface area contributed by atoms with Crippen molar-refractivity contribution in [2.24, 2.45) is 0 Å². The molecule has 3 aliphatic heterocycles. The molecule has 3 saturated heterocycles. The average molecular weight is 304 g/mol. The Hall–Kier alpha value is -1.13. The van der Waals surface area contributed by atoms with E-state index in [1.807, 2.05) is 12.1 Å². The normalized spacial score (nSPS) is 35.8. The van der Waals surface area contributed by atoms with Gasteiger partial charge in [0.1, 0.15) is 5.82 Å². The molecule has 0 radical (unpaired) electrons. The number of anilines is 1. The van der Waals surface area contributed by atoms with Crippen LogP contribution in [0.1, 0.15) is 38.5 Å². The zero-order valence-corrected chi connectivity index (χ0v) is 13.0. The van der Waals surface area contributed by atoms with E-state index in [1.54, 1.807) is 12.1 Å². The highest BCUT2D eigenvalue weighted by atomic mass is 19.1. The quantitative estimate of drug-likeness (QED) is 0.910. The van der Waals surface area contributed by atoms with Crippen LogP contribution in [0.4, 0.5) is 10.1 Å². The minimum Gasteiger partial charge on any atom is -0.393 e. The van der Waals surface area contributed by atoms with E-state index in [0.29, 0.717) is 18.1 Å². The fourth-order valence-corrected chi connectivity index (χ4v) is 4.86. The van der Waals surface area contributed by atoms with Crippen molar-refractivity contribution < 1.29 is 9.50 Å². The third-order valence-corrected chi connectivity index (χ3v) is 5.78. The number of fused-ring (bicyclic) bond motifs is 2. The molecule has 4 atom stereocenters. The third kappa shape index (κ3) is 2.63. The largest absolute Gasteiger partial charge is 0.393 e. The molecule has 120 valence electrons. The van der Waals surface area contributed by atoms with Gasteiger partial charge in [0.05, 0.1) is 6.10 Å². The van der Waals surface area contributed by atoms with Crippen LogP contribution in [0.2, 0.25) is 0 Å². The molecule has 3 nitrogen and oxygen atoms in total. The van der Waals surface area contributed by atoms with Gasteiger partial charge in [0.25, 0.3) is 0 Å². The molecule has 1 N–H and O–H groups in total. The molecule has 3 fully saturated rings. The standard InChI is InChI=1S/C18H25FN2O/c19-13-4-6-14(7-5-13)20-9-8-17(12-20)21-15-2-1-3-16(21)11-18(22)10-15/h4-7,15-18,22H,1-3,8-12H2/t15-,16+,17?,18?. The van der Waals surface area contributed by atoms with E-state index >= 15 is 0 Å². The summed E-state index contributed by atoms with van der Waals surface area (Å²) in [5.41, 5.74) is 1.13. The van der Waals surface area contributed by atoms with Gasteiger partial charge in [-0.25, -0.2) is 4.39 Å². The lowest BCUT2D eigenvalue weighted by Gasteiger charge is -2.50. The molecule has 22 heavy (non-hydrogen) atoms. The van der Waals surface area contributed by atoms with Crippen molar-refractivity contribution in [1.82, 2.24) is 4.90 Å². The second-order valence-electron chi connectivity index (χ2n) is 7.18.